The summed E-state index contributed by atoms with van der Waals surface area (Å²) in [5.41, 5.74) is 10.7. The van der Waals surface area contributed by atoms with E-state index >= 15 is 0 Å². The second kappa shape index (κ2) is 5.77. The number of hydrogen-bond acceptors (Lipinski definition) is 3. The zero-order valence-corrected chi connectivity index (χ0v) is 14.3. The Labute approximate surface area is 145 Å². The fourth-order valence-electron chi connectivity index (χ4n) is 3.18. The van der Waals surface area contributed by atoms with Crippen LogP contribution in [0, 0.1) is 0 Å². The van der Waals surface area contributed by atoms with Crippen molar-refractivity contribution in [2.45, 2.75) is 26.2 Å². The minimum atomic E-state index is -0.139. The highest BCUT2D eigenvalue weighted by molar-refractivity contribution is 5.87. The Kier molecular flexibility index (Phi) is 3.57. The number of para-hydroxylation sites is 1. The van der Waals surface area contributed by atoms with Gasteiger partial charge in [-0.3, -0.25) is 4.79 Å². The molecule has 0 saturated heterocycles. The average Bonchev–Trinajstić information content (AvgIpc) is 3.04. The number of aromatic amines is 1. The number of anilines is 1. The van der Waals surface area contributed by atoms with Gasteiger partial charge in [0.15, 0.2) is 0 Å². The van der Waals surface area contributed by atoms with Gasteiger partial charge in [0.2, 0.25) is 0 Å². The summed E-state index contributed by atoms with van der Waals surface area (Å²) >= 11 is 0. The second-order valence-electron chi connectivity index (χ2n) is 6.43. The standard InChI is InChI=1S/C20H20N4O/c1-3-12(2)19-20(25)23-15-10-14(21)18(11-16(15)22-19)24-9-8-13-6-4-5-7-17(13)24/h4-12H,3,21H2,1-2H3,(H,23,25). The number of nitrogens with one attached hydrogen (secondary N) is 1. The van der Waals surface area contributed by atoms with E-state index in [4.69, 9.17) is 5.73 Å². The van der Waals surface area contributed by atoms with Crippen molar-refractivity contribution in [2.75, 3.05) is 5.73 Å². The molecule has 0 fully saturated rings. The maximum Gasteiger partial charge on any atom is 0.270 e. The van der Waals surface area contributed by atoms with Crippen LogP contribution >= 0.6 is 0 Å². The molecule has 0 amide bonds. The molecule has 5 heteroatoms. The first kappa shape index (κ1) is 15.4. The molecule has 0 aliphatic carbocycles. The summed E-state index contributed by atoms with van der Waals surface area (Å²) in [4.78, 5) is 19.8. The summed E-state index contributed by atoms with van der Waals surface area (Å²) in [6.07, 6.45) is 2.87. The number of nitrogens with zero attached hydrogens (tertiary/aromatic N) is 2. The summed E-state index contributed by atoms with van der Waals surface area (Å²) in [6.45, 7) is 4.07. The van der Waals surface area contributed by atoms with Crippen LogP contribution in [0.3, 0.4) is 0 Å². The van der Waals surface area contributed by atoms with Gasteiger partial charge in [0.05, 0.1) is 27.9 Å². The van der Waals surface area contributed by atoms with Crippen molar-refractivity contribution in [3.8, 4) is 5.69 Å². The van der Waals surface area contributed by atoms with Crippen LogP contribution in [0.2, 0.25) is 0 Å². The smallest absolute Gasteiger partial charge is 0.270 e. The highest BCUT2D eigenvalue weighted by atomic mass is 16.1. The Morgan fingerprint density at radius 3 is 2.84 bits per heavy atom. The first-order chi connectivity index (χ1) is 12.1. The second-order valence-corrected chi connectivity index (χ2v) is 6.43. The van der Waals surface area contributed by atoms with Crippen LogP contribution in [-0.2, 0) is 0 Å². The molecule has 0 aliphatic heterocycles. The Bertz CT molecular complexity index is 1140. The lowest BCUT2D eigenvalue weighted by Crippen LogP contribution is -2.17. The highest BCUT2D eigenvalue weighted by Gasteiger charge is 2.14. The molecule has 126 valence electrons. The number of nitrogen functional groups attached to an aromatic ring is 1. The van der Waals surface area contributed by atoms with E-state index in [9.17, 15) is 4.79 Å². The average molecular weight is 332 g/mol. The fraction of sp³-hybridized carbons (Fsp3) is 0.200. The quantitative estimate of drug-likeness (QED) is 0.557. The Balaban J connectivity index is 1.97. The Morgan fingerprint density at radius 1 is 1.24 bits per heavy atom. The van der Waals surface area contributed by atoms with Gasteiger partial charge in [-0.25, -0.2) is 4.98 Å². The van der Waals surface area contributed by atoms with Crippen molar-refractivity contribution in [3.63, 3.8) is 0 Å². The molecule has 1 unspecified atom stereocenters. The molecule has 1 atom stereocenters. The molecule has 0 bridgehead atoms. The maximum atomic E-state index is 12.3. The first-order valence-corrected chi connectivity index (χ1v) is 8.48. The highest BCUT2D eigenvalue weighted by Crippen LogP contribution is 2.27. The number of benzene rings is 2. The zero-order valence-electron chi connectivity index (χ0n) is 14.3. The van der Waals surface area contributed by atoms with Crippen LogP contribution in [-0.4, -0.2) is 14.5 Å². The Morgan fingerprint density at radius 2 is 2.04 bits per heavy atom. The molecule has 2 aromatic heterocycles. The molecule has 4 rings (SSSR count). The summed E-state index contributed by atoms with van der Waals surface area (Å²) in [6, 6.07) is 13.9. The van der Waals surface area contributed by atoms with Crippen molar-refractivity contribution in [1.29, 1.82) is 0 Å². The minimum Gasteiger partial charge on any atom is -0.397 e. The van der Waals surface area contributed by atoms with Gasteiger partial charge >= 0.3 is 0 Å². The van der Waals surface area contributed by atoms with E-state index in [1.165, 1.54) is 0 Å². The van der Waals surface area contributed by atoms with E-state index < -0.39 is 0 Å². The molecule has 2 aromatic carbocycles. The number of H-pyrrole nitrogens is 1. The molecular weight excluding hydrogens is 312 g/mol. The van der Waals surface area contributed by atoms with Gasteiger partial charge < -0.3 is 15.3 Å². The summed E-state index contributed by atoms with van der Waals surface area (Å²) < 4.78 is 2.06. The van der Waals surface area contributed by atoms with Crippen LogP contribution in [0.15, 0.2) is 53.5 Å². The minimum absolute atomic E-state index is 0.113. The number of aromatic nitrogens is 3. The summed E-state index contributed by atoms with van der Waals surface area (Å²) in [5, 5.41) is 1.15. The Hall–Kier alpha value is -3.08. The molecule has 0 saturated carbocycles. The van der Waals surface area contributed by atoms with E-state index in [2.05, 4.69) is 39.7 Å². The van der Waals surface area contributed by atoms with E-state index in [-0.39, 0.29) is 11.5 Å². The van der Waals surface area contributed by atoms with Crippen LogP contribution in [0.4, 0.5) is 5.69 Å². The molecule has 5 nitrogen and oxygen atoms in total. The summed E-state index contributed by atoms with van der Waals surface area (Å²) in [5.74, 6) is 0.113. The fourth-order valence-corrected chi connectivity index (χ4v) is 3.18. The lowest BCUT2D eigenvalue weighted by Gasteiger charge is -2.12. The number of rotatable bonds is 3. The SMILES string of the molecule is CCC(C)c1nc2cc(-n3ccc4ccccc43)c(N)cc2[nH]c1=O. The van der Waals surface area contributed by atoms with Crippen LogP contribution in [0.1, 0.15) is 31.9 Å². The monoisotopic (exact) mass is 332 g/mol. The molecule has 2 heterocycles. The predicted molar refractivity (Wildman–Crippen MR) is 102 cm³/mol. The van der Waals surface area contributed by atoms with Gasteiger partial charge in [0.25, 0.3) is 5.56 Å². The number of hydrogen-bond donors (Lipinski definition) is 2. The van der Waals surface area contributed by atoms with E-state index in [0.717, 1.165) is 28.5 Å². The predicted octanol–water partition coefficient (Wildman–Crippen LogP) is 3.96. The van der Waals surface area contributed by atoms with Gasteiger partial charge in [-0.1, -0.05) is 32.0 Å². The lowest BCUT2D eigenvalue weighted by molar-refractivity contribution is 0.699. The van der Waals surface area contributed by atoms with Crippen LogP contribution in [0.25, 0.3) is 27.6 Å². The van der Waals surface area contributed by atoms with Crippen molar-refractivity contribution in [2.24, 2.45) is 0 Å². The lowest BCUT2D eigenvalue weighted by atomic mass is 10.1. The van der Waals surface area contributed by atoms with Gasteiger partial charge in [-0.05, 0) is 36.1 Å². The largest absolute Gasteiger partial charge is 0.397 e. The van der Waals surface area contributed by atoms with Gasteiger partial charge in [-0.2, -0.15) is 0 Å². The van der Waals surface area contributed by atoms with Gasteiger partial charge in [-0.15, -0.1) is 0 Å². The zero-order chi connectivity index (χ0) is 17.6. The third-order valence-corrected chi connectivity index (χ3v) is 4.80. The summed E-state index contributed by atoms with van der Waals surface area (Å²) in [7, 11) is 0. The molecule has 3 N–H and O–H groups in total. The molecule has 4 aromatic rings. The topological polar surface area (TPSA) is 76.7 Å². The third kappa shape index (κ3) is 2.48. The van der Waals surface area contributed by atoms with Crippen molar-refractivity contribution >= 4 is 27.6 Å². The maximum absolute atomic E-state index is 12.3. The van der Waals surface area contributed by atoms with Gasteiger partial charge in [0, 0.05) is 12.1 Å². The van der Waals surface area contributed by atoms with E-state index in [1.807, 2.05) is 31.3 Å². The van der Waals surface area contributed by atoms with Crippen molar-refractivity contribution in [1.82, 2.24) is 14.5 Å². The number of nitrogens with two attached hydrogens (primary N) is 1. The van der Waals surface area contributed by atoms with Crippen LogP contribution in [0.5, 0.6) is 0 Å². The van der Waals surface area contributed by atoms with Crippen molar-refractivity contribution < 1.29 is 0 Å². The third-order valence-electron chi connectivity index (χ3n) is 4.80. The molecule has 0 spiro atoms. The molecule has 0 radical (unpaired) electrons. The van der Waals surface area contributed by atoms with Gasteiger partial charge in [0.1, 0.15) is 5.69 Å². The van der Waals surface area contributed by atoms with Crippen LogP contribution < -0.4 is 11.3 Å². The van der Waals surface area contributed by atoms with Crippen molar-refractivity contribution in [3.05, 3.63) is 64.7 Å². The molecule has 0 aliphatic rings. The van der Waals surface area contributed by atoms with E-state index in [1.54, 1.807) is 6.07 Å². The normalized spacial score (nSPS) is 12.7. The van der Waals surface area contributed by atoms with E-state index in [0.29, 0.717) is 16.9 Å². The molecular formula is C20H20N4O. The molecule has 25 heavy (non-hydrogen) atoms. The first-order valence-electron chi connectivity index (χ1n) is 8.48. The number of fused-ring (bicyclic) bond motifs is 2.